The number of nitrogens with one attached hydrogen (secondary N) is 1. The summed E-state index contributed by atoms with van der Waals surface area (Å²) < 4.78 is 3.64. The molecule has 27 heavy (non-hydrogen) atoms. The van der Waals surface area contributed by atoms with Gasteiger partial charge in [-0.3, -0.25) is 9.48 Å². The Morgan fingerprint density at radius 3 is 2.48 bits per heavy atom. The number of aromatic nitrogens is 4. The Balaban J connectivity index is 1.35. The first-order chi connectivity index (χ1) is 13.3. The standard InChI is InChI=1S/C21H19N5O/c27-21(19-9-7-17(8-10-19)15-25-12-4-11-23-25)22-13-18-14-24-26(16-18)20-5-2-1-3-6-20/h1-12,14,16H,13,15H2,(H,22,27). The fourth-order valence-corrected chi connectivity index (χ4v) is 2.80. The fourth-order valence-electron chi connectivity index (χ4n) is 2.80. The van der Waals surface area contributed by atoms with Crippen molar-refractivity contribution in [3.63, 3.8) is 0 Å². The summed E-state index contributed by atoms with van der Waals surface area (Å²) in [4.78, 5) is 12.4. The molecule has 0 aliphatic heterocycles. The van der Waals surface area contributed by atoms with Crippen LogP contribution in [0.4, 0.5) is 0 Å². The van der Waals surface area contributed by atoms with Gasteiger partial charge in [-0.05, 0) is 35.9 Å². The van der Waals surface area contributed by atoms with Crippen LogP contribution >= 0.6 is 0 Å². The van der Waals surface area contributed by atoms with Crippen LogP contribution in [0.1, 0.15) is 21.5 Å². The van der Waals surface area contributed by atoms with Gasteiger partial charge in [0, 0.05) is 36.3 Å². The number of hydrogen-bond acceptors (Lipinski definition) is 3. The van der Waals surface area contributed by atoms with Crippen LogP contribution in [-0.2, 0) is 13.1 Å². The molecule has 0 aliphatic rings. The fraction of sp³-hybridized carbons (Fsp3) is 0.0952. The summed E-state index contributed by atoms with van der Waals surface area (Å²) in [6.07, 6.45) is 7.35. The van der Waals surface area contributed by atoms with Gasteiger partial charge in [0.1, 0.15) is 0 Å². The minimum atomic E-state index is -0.104. The molecule has 2 aromatic carbocycles. The smallest absolute Gasteiger partial charge is 0.251 e. The van der Waals surface area contributed by atoms with Gasteiger partial charge in [0.05, 0.1) is 18.4 Å². The SMILES string of the molecule is O=C(NCc1cnn(-c2ccccc2)c1)c1ccc(Cn2cccn2)cc1. The molecule has 0 saturated carbocycles. The maximum atomic E-state index is 12.4. The quantitative estimate of drug-likeness (QED) is 0.577. The summed E-state index contributed by atoms with van der Waals surface area (Å²) in [5.41, 5.74) is 3.67. The zero-order chi connectivity index (χ0) is 18.5. The number of carbonyl (C=O) groups is 1. The van der Waals surface area contributed by atoms with Crippen molar-refractivity contribution < 1.29 is 4.79 Å². The van der Waals surface area contributed by atoms with E-state index in [1.807, 2.05) is 77.7 Å². The second-order valence-electron chi connectivity index (χ2n) is 6.21. The molecule has 0 saturated heterocycles. The van der Waals surface area contributed by atoms with Crippen molar-refractivity contribution in [1.82, 2.24) is 24.9 Å². The number of nitrogens with zero attached hydrogens (tertiary/aromatic N) is 4. The number of para-hydroxylation sites is 1. The highest BCUT2D eigenvalue weighted by atomic mass is 16.1. The van der Waals surface area contributed by atoms with Crippen molar-refractivity contribution >= 4 is 5.91 Å². The van der Waals surface area contributed by atoms with Crippen molar-refractivity contribution in [3.8, 4) is 5.69 Å². The lowest BCUT2D eigenvalue weighted by atomic mass is 10.1. The lowest BCUT2D eigenvalue weighted by molar-refractivity contribution is 0.0951. The summed E-state index contributed by atoms with van der Waals surface area (Å²) in [5.74, 6) is -0.104. The number of rotatable bonds is 6. The van der Waals surface area contributed by atoms with Crippen LogP contribution in [0, 0.1) is 0 Å². The zero-order valence-electron chi connectivity index (χ0n) is 14.7. The molecule has 0 fully saturated rings. The average Bonchev–Trinajstić information content (AvgIpc) is 3.39. The number of carbonyl (C=O) groups excluding carboxylic acids is 1. The molecule has 0 aliphatic carbocycles. The van der Waals surface area contributed by atoms with E-state index >= 15 is 0 Å². The third-order valence-corrected chi connectivity index (χ3v) is 4.23. The monoisotopic (exact) mass is 357 g/mol. The summed E-state index contributed by atoms with van der Waals surface area (Å²) >= 11 is 0. The first kappa shape index (κ1) is 16.8. The van der Waals surface area contributed by atoms with E-state index in [0.717, 1.165) is 16.8 Å². The van der Waals surface area contributed by atoms with Crippen LogP contribution in [-0.4, -0.2) is 25.5 Å². The van der Waals surface area contributed by atoms with Crippen molar-refractivity contribution in [3.05, 3.63) is 102 Å². The van der Waals surface area contributed by atoms with E-state index in [2.05, 4.69) is 15.5 Å². The number of amides is 1. The van der Waals surface area contributed by atoms with Crippen LogP contribution in [0.2, 0.25) is 0 Å². The van der Waals surface area contributed by atoms with Crippen molar-refractivity contribution in [2.24, 2.45) is 0 Å². The van der Waals surface area contributed by atoms with Gasteiger partial charge in [-0.1, -0.05) is 30.3 Å². The molecule has 0 unspecified atom stereocenters. The molecule has 0 spiro atoms. The van der Waals surface area contributed by atoms with Crippen LogP contribution in [0.5, 0.6) is 0 Å². The van der Waals surface area contributed by atoms with E-state index in [1.165, 1.54) is 0 Å². The van der Waals surface area contributed by atoms with E-state index in [4.69, 9.17) is 0 Å². The van der Waals surface area contributed by atoms with Crippen LogP contribution in [0.3, 0.4) is 0 Å². The van der Waals surface area contributed by atoms with E-state index in [0.29, 0.717) is 18.7 Å². The molecular formula is C21H19N5O. The first-order valence-electron chi connectivity index (χ1n) is 8.71. The van der Waals surface area contributed by atoms with Crippen molar-refractivity contribution in [1.29, 1.82) is 0 Å². The van der Waals surface area contributed by atoms with Gasteiger partial charge in [0.25, 0.3) is 5.91 Å². The summed E-state index contributed by atoms with van der Waals surface area (Å²) in [6, 6.07) is 19.3. The normalized spacial score (nSPS) is 10.7. The summed E-state index contributed by atoms with van der Waals surface area (Å²) in [5, 5.41) is 11.5. The Labute approximate surface area is 157 Å². The molecule has 6 heteroatoms. The minimum Gasteiger partial charge on any atom is -0.348 e. The minimum absolute atomic E-state index is 0.104. The highest BCUT2D eigenvalue weighted by Gasteiger charge is 2.07. The topological polar surface area (TPSA) is 64.7 Å². The summed E-state index contributed by atoms with van der Waals surface area (Å²) in [6.45, 7) is 1.12. The highest BCUT2D eigenvalue weighted by Crippen LogP contribution is 2.09. The Hall–Kier alpha value is -3.67. The molecule has 0 radical (unpaired) electrons. The van der Waals surface area contributed by atoms with E-state index in [1.54, 1.807) is 17.1 Å². The largest absolute Gasteiger partial charge is 0.348 e. The molecule has 134 valence electrons. The Kier molecular flexibility index (Phi) is 4.78. The molecule has 2 aromatic heterocycles. The summed E-state index contributed by atoms with van der Waals surface area (Å²) in [7, 11) is 0. The maximum absolute atomic E-state index is 12.4. The number of hydrogen-bond donors (Lipinski definition) is 1. The molecule has 4 rings (SSSR count). The Bertz CT molecular complexity index is 1000. The Morgan fingerprint density at radius 1 is 0.926 bits per heavy atom. The average molecular weight is 357 g/mol. The molecule has 1 amide bonds. The van der Waals surface area contributed by atoms with Gasteiger partial charge in [-0.25, -0.2) is 4.68 Å². The van der Waals surface area contributed by atoms with Crippen molar-refractivity contribution in [2.45, 2.75) is 13.1 Å². The number of benzene rings is 2. The zero-order valence-corrected chi connectivity index (χ0v) is 14.7. The third kappa shape index (κ3) is 4.12. The van der Waals surface area contributed by atoms with E-state index in [9.17, 15) is 4.79 Å². The van der Waals surface area contributed by atoms with Crippen molar-refractivity contribution in [2.75, 3.05) is 0 Å². The molecular weight excluding hydrogens is 338 g/mol. The van der Waals surface area contributed by atoms with E-state index < -0.39 is 0 Å². The van der Waals surface area contributed by atoms with Crippen LogP contribution in [0.15, 0.2) is 85.5 Å². The molecule has 2 heterocycles. The lowest BCUT2D eigenvalue weighted by Gasteiger charge is -2.06. The molecule has 1 N–H and O–H groups in total. The first-order valence-corrected chi connectivity index (χ1v) is 8.71. The second kappa shape index (κ2) is 7.70. The predicted molar refractivity (Wildman–Crippen MR) is 103 cm³/mol. The van der Waals surface area contributed by atoms with Crippen LogP contribution < -0.4 is 5.32 Å². The van der Waals surface area contributed by atoms with Gasteiger partial charge in [-0.2, -0.15) is 10.2 Å². The third-order valence-electron chi connectivity index (χ3n) is 4.23. The Morgan fingerprint density at radius 2 is 1.74 bits per heavy atom. The lowest BCUT2D eigenvalue weighted by Crippen LogP contribution is -2.22. The predicted octanol–water partition coefficient (Wildman–Crippen LogP) is 3.05. The highest BCUT2D eigenvalue weighted by molar-refractivity contribution is 5.94. The molecule has 4 aromatic rings. The molecule has 0 atom stereocenters. The van der Waals surface area contributed by atoms with Gasteiger partial charge >= 0.3 is 0 Å². The van der Waals surface area contributed by atoms with Crippen LogP contribution in [0.25, 0.3) is 5.69 Å². The van der Waals surface area contributed by atoms with Gasteiger partial charge < -0.3 is 5.32 Å². The molecule has 6 nitrogen and oxygen atoms in total. The second-order valence-corrected chi connectivity index (χ2v) is 6.21. The van der Waals surface area contributed by atoms with Gasteiger partial charge in [0.15, 0.2) is 0 Å². The molecule has 0 bridgehead atoms. The van der Waals surface area contributed by atoms with Gasteiger partial charge in [0.2, 0.25) is 0 Å². The maximum Gasteiger partial charge on any atom is 0.251 e. The van der Waals surface area contributed by atoms with E-state index in [-0.39, 0.29) is 5.91 Å². The van der Waals surface area contributed by atoms with Gasteiger partial charge in [-0.15, -0.1) is 0 Å².